The molecule has 4 N–H and O–H groups in total. The second kappa shape index (κ2) is 11.0. The number of anilines is 2. The van der Waals surface area contributed by atoms with Crippen LogP contribution in [0.3, 0.4) is 0 Å². The van der Waals surface area contributed by atoms with Gasteiger partial charge in [-0.15, -0.1) is 8.78 Å². The molecule has 0 spiro atoms. The van der Waals surface area contributed by atoms with E-state index in [4.69, 9.17) is 9.90 Å². The molecule has 0 radical (unpaired) electrons. The maximum atomic E-state index is 13.1. The van der Waals surface area contributed by atoms with E-state index in [1.165, 1.54) is 18.2 Å². The van der Waals surface area contributed by atoms with Gasteiger partial charge in [0, 0.05) is 36.5 Å². The fourth-order valence-electron chi connectivity index (χ4n) is 3.69. The Bertz CT molecular complexity index is 1140. The molecule has 2 aliphatic rings. The molecule has 2 aromatic rings. The number of hydrogen-bond donors (Lipinski definition) is 4. The van der Waals surface area contributed by atoms with Crippen LogP contribution in [0.4, 0.5) is 33.7 Å². The van der Waals surface area contributed by atoms with E-state index in [0.717, 1.165) is 37.1 Å². The highest BCUT2D eigenvalue weighted by molar-refractivity contribution is 5.95. The number of hydrogen-bond acceptors (Lipinski definition) is 8. The average molecular weight is 533 g/mol. The first-order valence-corrected chi connectivity index (χ1v) is 11.1. The molecule has 0 saturated heterocycles. The molecule has 0 atom stereocenters. The first kappa shape index (κ1) is 27.7. The highest BCUT2D eigenvalue weighted by Gasteiger charge is 2.43. The smallest absolute Gasteiger partial charge is 0.475 e. The van der Waals surface area contributed by atoms with Gasteiger partial charge in [0.25, 0.3) is 5.91 Å². The molecule has 4 rings (SSSR count). The number of halogens is 5. The Morgan fingerprint density at radius 1 is 1.08 bits per heavy atom. The molecule has 1 saturated carbocycles. The van der Waals surface area contributed by atoms with E-state index < -0.39 is 18.4 Å². The molecular formula is C22H24F5N5O5. The van der Waals surface area contributed by atoms with Crippen molar-refractivity contribution >= 4 is 23.6 Å². The van der Waals surface area contributed by atoms with E-state index in [2.05, 4.69) is 35.4 Å². The summed E-state index contributed by atoms with van der Waals surface area (Å²) in [5, 5.41) is 16.5. The van der Waals surface area contributed by atoms with Crippen LogP contribution >= 0.6 is 0 Å². The zero-order valence-corrected chi connectivity index (χ0v) is 19.7. The number of benzene rings is 1. The van der Waals surface area contributed by atoms with Crippen molar-refractivity contribution in [2.45, 2.75) is 57.2 Å². The summed E-state index contributed by atoms with van der Waals surface area (Å²) in [6.45, 7) is 1.94. The van der Waals surface area contributed by atoms with Gasteiger partial charge in [-0.25, -0.2) is 9.78 Å². The van der Waals surface area contributed by atoms with Gasteiger partial charge < -0.3 is 30.5 Å². The maximum absolute atomic E-state index is 13.1. The number of amides is 1. The quantitative estimate of drug-likeness (QED) is 0.422. The molecule has 1 aromatic carbocycles. The van der Waals surface area contributed by atoms with E-state index in [0.29, 0.717) is 5.95 Å². The van der Waals surface area contributed by atoms with Crippen molar-refractivity contribution in [3.63, 3.8) is 0 Å². The second-order valence-electron chi connectivity index (χ2n) is 8.27. The minimum Gasteiger partial charge on any atom is -0.475 e. The molecule has 1 amide bonds. The zero-order chi connectivity index (χ0) is 27.4. The predicted molar refractivity (Wildman–Crippen MR) is 120 cm³/mol. The van der Waals surface area contributed by atoms with Gasteiger partial charge in [0.15, 0.2) is 11.5 Å². The topological polar surface area (TPSA) is 135 Å². The molecule has 15 heteroatoms. The van der Waals surface area contributed by atoms with Crippen LogP contribution in [0.2, 0.25) is 0 Å². The first-order chi connectivity index (χ1) is 17.3. The van der Waals surface area contributed by atoms with Gasteiger partial charge in [-0.1, -0.05) is 0 Å². The molecule has 10 nitrogen and oxygen atoms in total. The van der Waals surface area contributed by atoms with E-state index >= 15 is 0 Å². The summed E-state index contributed by atoms with van der Waals surface area (Å²) in [5.74, 6) is -1.94. The SMILES string of the molecule is CNc1nc(N[C@H]2CC[C@@H](NC(=O)c3ccc4c(c3)OC(F)(F)O4)CC2)ncc1C.O=C(O)C(F)(F)F. The third-order valence-electron chi connectivity index (χ3n) is 5.51. The van der Waals surface area contributed by atoms with E-state index in [1.807, 2.05) is 14.0 Å². The third-order valence-corrected chi connectivity index (χ3v) is 5.51. The molecule has 202 valence electrons. The van der Waals surface area contributed by atoms with Crippen LogP contribution in [0.25, 0.3) is 0 Å². The van der Waals surface area contributed by atoms with E-state index in [1.54, 1.807) is 6.20 Å². The van der Waals surface area contributed by atoms with Gasteiger partial charge in [0.05, 0.1) is 0 Å². The Morgan fingerprint density at radius 3 is 2.27 bits per heavy atom. The van der Waals surface area contributed by atoms with Gasteiger partial charge in [-0.2, -0.15) is 18.2 Å². The van der Waals surface area contributed by atoms with Crippen LogP contribution in [-0.2, 0) is 4.79 Å². The van der Waals surface area contributed by atoms with Crippen molar-refractivity contribution in [2.24, 2.45) is 0 Å². The number of nitrogens with zero attached hydrogens (tertiary/aromatic N) is 2. The highest BCUT2D eigenvalue weighted by atomic mass is 19.4. The van der Waals surface area contributed by atoms with Crippen molar-refractivity contribution < 1.29 is 46.1 Å². The number of ether oxygens (including phenoxy) is 2. The Balaban J connectivity index is 0.000000479. The predicted octanol–water partition coefficient (Wildman–Crippen LogP) is 3.93. The number of alkyl halides is 5. The van der Waals surface area contributed by atoms with Crippen LogP contribution in [0, 0.1) is 6.92 Å². The van der Waals surface area contributed by atoms with E-state index in [9.17, 15) is 26.7 Å². The number of aryl methyl sites for hydroxylation is 1. The summed E-state index contributed by atoms with van der Waals surface area (Å²) >= 11 is 0. The lowest BCUT2D eigenvalue weighted by Crippen LogP contribution is -2.40. The number of aromatic nitrogens is 2. The lowest BCUT2D eigenvalue weighted by atomic mass is 9.91. The number of rotatable bonds is 5. The number of carboxylic acid groups (broad SMARTS) is 1. The van der Waals surface area contributed by atoms with Crippen molar-refractivity contribution in [3.8, 4) is 11.5 Å². The van der Waals surface area contributed by atoms with Crippen molar-refractivity contribution in [3.05, 3.63) is 35.5 Å². The van der Waals surface area contributed by atoms with Crippen LogP contribution in [0.15, 0.2) is 24.4 Å². The summed E-state index contributed by atoms with van der Waals surface area (Å²) in [4.78, 5) is 30.2. The summed E-state index contributed by atoms with van der Waals surface area (Å²) in [6, 6.07) is 4.26. The summed E-state index contributed by atoms with van der Waals surface area (Å²) in [6.07, 6.45) is -3.73. The van der Waals surface area contributed by atoms with Gasteiger partial charge in [0.1, 0.15) is 5.82 Å². The number of carbonyl (C=O) groups is 2. The average Bonchev–Trinajstić information content (AvgIpc) is 3.14. The van der Waals surface area contributed by atoms with Crippen molar-refractivity contribution in [1.29, 1.82) is 0 Å². The minimum atomic E-state index is -5.08. The molecule has 1 fully saturated rings. The van der Waals surface area contributed by atoms with Crippen LogP contribution in [-0.4, -0.2) is 58.6 Å². The second-order valence-corrected chi connectivity index (χ2v) is 8.27. The lowest BCUT2D eigenvalue weighted by Gasteiger charge is -2.29. The summed E-state index contributed by atoms with van der Waals surface area (Å²) in [7, 11) is 1.82. The van der Waals surface area contributed by atoms with Gasteiger partial charge >= 0.3 is 18.4 Å². The van der Waals surface area contributed by atoms with Crippen LogP contribution in [0.5, 0.6) is 11.5 Å². The summed E-state index contributed by atoms with van der Waals surface area (Å²) in [5.41, 5.74) is 1.23. The largest absolute Gasteiger partial charge is 0.586 e. The normalized spacial score (nSPS) is 19.8. The van der Waals surface area contributed by atoms with Crippen molar-refractivity contribution in [2.75, 3.05) is 17.7 Å². The highest BCUT2D eigenvalue weighted by Crippen LogP contribution is 2.41. The van der Waals surface area contributed by atoms with Gasteiger partial charge in [-0.05, 0) is 50.8 Å². The third kappa shape index (κ3) is 7.54. The standard InChI is InChI=1S/C20H23F2N5O3.C2HF3O2/c1-11-10-24-19(27-17(11)23-2)26-14-6-4-13(5-7-14)25-18(28)12-3-8-15-16(9-12)30-20(21,22)29-15;3-2(4,5)1(6)7/h3,8-10,13-14H,4-7H2,1-2H3,(H,25,28)(H2,23,24,26,27);(H,6,7)/t13-,14+;. The number of carboxylic acids is 1. The molecule has 0 bridgehead atoms. The Morgan fingerprint density at radius 2 is 1.68 bits per heavy atom. The minimum absolute atomic E-state index is 0.00854. The monoisotopic (exact) mass is 533 g/mol. The Hall–Kier alpha value is -3.91. The van der Waals surface area contributed by atoms with Gasteiger partial charge in [-0.3, -0.25) is 4.79 Å². The molecule has 0 unspecified atom stereocenters. The van der Waals surface area contributed by atoms with Crippen molar-refractivity contribution in [1.82, 2.24) is 15.3 Å². The van der Waals surface area contributed by atoms with E-state index in [-0.39, 0.29) is 35.1 Å². The first-order valence-electron chi connectivity index (χ1n) is 11.1. The fraction of sp³-hybridized carbons (Fsp3) is 0.455. The molecule has 1 aromatic heterocycles. The zero-order valence-electron chi connectivity index (χ0n) is 19.7. The molecule has 1 aliphatic carbocycles. The lowest BCUT2D eigenvalue weighted by molar-refractivity contribution is -0.286. The Labute approximate surface area is 207 Å². The maximum Gasteiger partial charge on any atom is 0.586 e. The molecule has 2 heterocycles. The number of aliphatic carboxylic acids is 1. The number of carbonyl (C=O) groups excluding carboxylic acids is 1. The molecular weight excluding hydrogens is 509 g/mol. The Kier molecular flexibility index (Phi) is 8.23. The van der Waals surface area contributed by atoms with Crippen LogP contribution < -0.4 is 25.4 Å². The summed E-state index contributed by atoms with van der Waals surface area (Å²) < 4.78 is 66.8. The molecule has 37 heavy (non-hydrogen) atoms. The molecule has 1 aliphatic heterocycles. The number of fused-ring (bicyclic) bond motifs is 1. The fourth-order valence-corrected chi connectivity index (χ4v) is 3.69. The van der Waals surface area contributed by atoms with Crippen LogP contribution in [0.1, 0.15) is 41.6 Å². The number of nitrogens with one attached hydrogen (secondary N) is 3. The van der Waals surface area contributed by atoms with Gasteiger partial charge in [0.2, 0.25) is 5.95 Å².